The Kier molecular flexibility index (Phi) is 9.66. The number of likely N-dealkylation sites (tertiary alicyclic amines) is 1. The molecule has 1 aliphatic rings. The Labute approximate surface area is 211 Å². The molecule has 0 spiro atoms. The summed E-state index contributed by atoms with van der Waals surface area (Å²) < 4.78 is 8.07. The molecule has 0 atom stereocenters. The van der Waals surface area contributed by atoms with Crippen LogP contribution in [0.1, 0.15) is 71.9 Å². The number of Topliss-reactive ketones (excluding diaryl/α,β-unsaturated/α-hetero) is 1. The Bertz CT molecular complexity index is 1040. The van der Waals surface area contributed by atoms with Crippen molar-refractivity contribution in [3.8, 4) is 0 Å². The number of aromatic nitrogens is 2. The first-order valence-electron chi connectivity index (χ1n) is 12.7. The largest absolute Gasteiger partial charge is 0.377 e. The van der Waals surface area contributed by atoms with E-state index in [-0.39, 0.29) is 11.7 Å². The predicted molar refractivity (Wildman–Crippen MR) is 139 cm³/mol. The number of imidazole rings is 1. The van der Waals surface area contributed by atoms with Crippen LogP contribution in [0.25, 0.3) is 0 Å². The highest BCUT2D eigenvalue weighted by Gasteiger charge is 2.26. The molecule has 0 unspecified atom stereocenters. The number of unbranched alkanes of at least 4 members (excludes halogenated alkanes) is 1. The van der Waals surface area contributed by atoms with E-state index >= 15 is 0 Å². The number of nitrogens with zero attached hydrogens (tertiary/aromatic N) is 3. The fourth-order valence-corrected chi connectivity index (χ4v) is 5.32. The highest BCUT2D eigenvalue weighted by atomic mass is 32.1. The molecule has 0 radical (unpaired) electrons. The summed E-state index contributed by atoms with van der Waals surface area (Å²) in [4.78, 5) is 32.2. The van der Waals surface area contributed by atoms with Gasteiger partial charge in [-0.05, 0) is 49.1 Å². The number of hydrogen-bond acceptors (Lipinski definition) is 5. The van der Waals surface area contributed by atoms with Gasteiger partial charge in [0.05, 0.1) is 11.5 Å². The normalized spacial score (nSPS) is 14.3. The zero-order valence-corrected chi connectivity index (χ0v) is 21.1. The molecule has 6 nitrogen and oxygen atoms in total. The van der Waals surface area contributed by atoms with Crippen LogP contribution in [0.3, 0.4) is 0 Å². The van der Waals surface area contributed by atoms with Crippen molar-refractivity contribution in [2.24, 2.45) is 0 Å². The van der Waals surface area contributed by atoms with E-state index in [2.05, 4.69) is 27.9 Å². The Hall–Kier alpha value is -2.77. The van der Waals surface area contributed by atoms with E-state index < -0.39 is 0 Å². The molecule has 7 heteroatoms. The summed E-state index contributed by atoms with van der Waals surface area (Å²) in [6, 6.07) is 14.0. The first-order valence-corrected chi connectivity index (χ1v) is 13.6. The number of piperidine rings is 1. The maximum Gasteiger partial charge on any atom is 0.222 e. The van der Waals surface area contributed by atoms with Gasteiger partial charge in [-0.15, -0.1) is 11.3 Å². The quantitative estimate of drug-likeness (QED) is 0.226. The van der Waals surface area contributed by atoms with Crippen molar-refractivity contribution in [3.05, 3.63) is 76.5 Å². The van der Waals surface area contributed by atoms with Crippen LogP contribution in [-0.4, -0.2) is 45.8 Å². The van der Waals surface area contributed by atoms with Gasteiger partial charge >= 0.3 is 0 Å². The Morgan fingerprint density at radius 3 is 2.60 bits per heavy atom. The lowest BCUT2D eigenvalue weighted by molar-refractivity contribution is -0.132. The highest BCUT2D eigenvalue weighted by molar-refractivity contribution is 7.12. The first-order chi connectivity index (χ1) is 17.2. The van der Waals surface area contributed by atoms with Gasteiger partial charge in [0.2, 0.25) is 5.91 Å². The molecule has 1 aliphatic heterocycles. The van der Waals surface area contributed by atoms with E-state index in [1.807, 2.05) is 46.8 Å². The summed E-state index contributed by atoms with van der Waals surface area (Å²) in [5.41, 5.74) is 1.21. The molecule has 0 N–H and O–H groups in total. The van der Waals surface area contributed by atoms with Crippen LogP contribution in [0, 0.1) is 0 Å². The molecule has 0 saturated carbocycles. The molecule has 1 amide bonds. The number of benzene rings is 1. The van der Waals surface area contributed by atoms with Gasteiger partial charge in [0, 0.05) is 57.4 Å². The molecule has 0 bridgehead atoms. The number of hydrogen-bond donors (Lipinski definition) is 0. The number of rotatable bonds is 13. The van der Waals surface area contributed by atoms with Crippen LogP contribution in [0.15, 0.2) is 60.2 Å². The Morgan fingerprint density at radius 2 is 1.83 bits per heavy atom. The number of carbonyl (C=O) groups is 2. The molecule has 1 saturated heterocycles. The molecule has 186 valence electrons. The third-order valence-corrected chi connectivity index (χ3v) is 7.51. The fraction of sp³-hybridized carbons (Fsp3) is 0.464. The second kappa shape index (κ2) is 13.4. The zero-order chi connectivity index (χ0) is 24.3. The lowest BCUT2D eigenvalue weighted by atomic mass is 9.95. The van der Waals surface area contributed by atoms with Gasteiger partial charge in [-0.3, -0.25) is 9.59 Å². The average molecular weight is 494 g/mol. The topological polar surface area (TPSA) is 64.4 Å². The fourth-order valence-electron chi connectivity index (χ4n) is 4.63. The lowest BCUT2D eigenvalue weighted by Gasteiger charge is -2.32. The van der Waals surface area contributed by atoms with Gasteiger partial charge in [-0.1, -0.05) is 36.4 Å². The van der Waals surface area contributed by atoms with E-state index in [1.165, 1.54) is 16.9 Å². The second-order valence-electron chi connectivity index (χ2n) is 9.13. The first kappa shape index (κ1) is 25.3. The minimum atomic E-state index is 0.140. The van der Waals surface area contributed by atoms with Crippen LogP contribution in [0.2, 0.25) is 0 Å². The monoisotopic (exact) mass is 493 g/mol. The minimum Gasteiger partial charge on any atom is -0.377 e. The van der Waals surface area contributed by atoms with E-state index in [4.69, 9.17) is 4.74 Å². The summed E-state index contributed by atoms with van der Waals surface area (Å²) in [6.07, 6.45) is 9.43. The second-order valence-corrected chi connectivity index (χ2v) is 10.1. The zero-order valence-electron chi connectivity index (χ0n) is 20.3. The van der Waals surface area contributed by atoms with E-state index in [1.54, 1.807) is 0 Å². The molecule has 3 aromatic rings. The number of ether oxygens (including phenoxy) is 1. The van der Waals surface area contributed by atoms with Gasteiger partial charge in [-0.2, -0.15) is 0 Å². The number of amides is 1. The van der Waals surface area contributed by atoms with Crippen molar-refractivity contribution in [1.29, 1.82) is 0 Å². The number of ketones is 1. The summed E-state index contributed by atoms with van der Waals surface area (Å²) in [6.45, 7) is 3.91. The van der Waals surface area contributed by atoms with Crippen molar-refractivity contribution in [3.63, 3.8) is 0 Å². The third-order valence-electron chi connectivity index (χ3n) is 6.60. The minimum absolute atomic E-state index is 0.140. The number of aryl methyl sites for hydroxylation is 1. The summed E-state index contributed by atoms with van der Waals surface area (Å²) in [7, 11) is 0. The molecule has 0 aliphatic carbocycles. The third kappa shape index (κ3) is 7.61. The van der Waals surface area contributed by atoms with Gasteiger partial charge in [0.25, 0.3) is 0 Å². The van der Waals surface area contributed by atoms with Crippen molar-refractivity contribution in [1.82, 2.24) is 14.5 Å². The molecule has 4 rings (SSSR count). The van der Waals surface area contributed by atoms with Crippen LogP contribution in [0.5, 0.6) is 0 Å². The Balaban J connectivity index is 1.12. The molecule has 1 fully saturated rings. The predicted octanol–water partition coefficient (Wildman–Crippen LogP) is 5.70. The summed E-state index contributed by atoms with van der Waals surface area (Å²) >= 11 is 1.47. The molecule has 3 heterocycles. The summed E-state index contributed by atoms with van der Waals surface area (Å²) in [5.74, 6) is 1.84. The van der Waals surface area contributed by atoms with Crippen LogP contribution >= 0.6 is 11.3 Å². The van der Waals surface area contributed by atoms with E-state index in [9.17, 15) is 9.59 Å². The highest BCUT2D eigenvalue weighted by Crippen LogP contribution is 2.27. The van der Waals surface area contributed by atoms with Crippen molar-refractivity contribution in [2.45, 2.75) is 64.0 Å². The van der Waals surface area contributed by atoms with Crippen LogP contribution < -0.4 is 0 Å². The van der Waals surface area contributed by atoms with Crippen LogP contribution in [-0.2, 0) is 22.7 Å². The van der Waals surface area contributed by atoms with Gasteiger partial charge in [-0.25, -0.2) is 4.98 Å². The van der Waals surface area contributed by atoms with E-state index in [0.29, 0.717) is 31.8 Å². The molecule has 2 aromatic heterocycles. The average Bonchev–Trinajstić information content (AvgIpc) is 3.59. The van der Waals surface area contributed by atoms with E-state index in [0.717, 1.165) is 62.6 Å². The summed E-state index contributed by atoms with van der Waals surface area (Å²) in [5, 5.41) is 1.91. The maximum atomic E-state index is 12.6. The van der Waals surface area contributed by atoms with Crippen molar-refractivity contribution >= 4 is 23.0 Å². The number of thiophene rings is 1. The number of carbonyl (C=O) groups excluding carboxylic acids is 2. The van der Waals surface area contributed by atoms with Gasteiger partial charge < -0.3 is 14.2 Å². The van der Waals surface area contributed by atoms with Gasteiger partial charge in [0.1, 0.15) is 5.82 Å². The maximum absolute atomic E-state index is 12.6. The molecule has 35 heavy (non-hydrogen) atoms. The Morgan fingerprint density at radius 1 is 1.00 bits per heavy atom. The molecular weight excluding hydrogens is 458 g/mol. The lowest BCUT2D eigenvalue weighted by Crippen LogP contribution is -2.38. The van der Waals surface area contributed by atoms with Gasteiger partial charge in [0.15, 0.2) is 5.78 Å². The van der Waals surface area contributed by atoms with Crippen LogP contribution in [0.4, 0.5) is 0 Å². The smallest absolute Gasteiger partial charge is 0.222 e. The van der Waals surface area contributed by atoms with Crippen molar-refractivity contribution in [2.75, 3.05) is 19.7 Å². The molecule has 1 aromatic carbocycles. The van der Waals surface area contributed by atoms with Crippen molar-refractivity contribution < 1.29 is 14.3 Å². The molecular formula is C28H35N3O3S. The standard InChI is InChI=1S/C28H35N3O3S/c32-25(26-11-7-21-35-26)10-6-12-27(33)30-17-13-24(14-18-30)28-29-15-19-31(28)16-4-5-20-34-22-23-8-2-1-3-9-23/h1-3,7-9,11,15,19,21,24H,4-6,10,12-14,16-18,20,22H2. The SMILES string of the molecule is O=C(CCCC(=O)N1CCC(c2nccn2CCCCOCc2ccccc2)CC1)c1cccs1.